The van der Waals surface area contributed by atoms with Crippen LogP contribution in [-0.4, -0.2) is 59.0 Å². The summed E-state index contributed by atoms with van der Waals surface area (Å²) in [5.41, 5.74) is 38.1. The number of nitrogens with one attached hydrogen (secondary N) is 4. The minimum absolute atomic E-state index is 0.170. The zero-order valence-corrected chi connectivity index (χ0v) is 78.8. The molecule has 0 amide bonds. The molecular weight excluding hydrogens is 1540 g/mol. The maximum absolute atomic E-state index is 6.21. The summed E-state index contributed by atoms with van der Waals surface area (Å²) in [7, 11) is 0. The predicted octanol–water partition coefficient (Wildman–Crippen LogP) is 30.4. The molecule has 4 aromatic carbocycles. The fourth-order valence-electron chi connectivity index (χ4n) is 18.6. The summed E-state index contributed by atoms with van der Waals surface area (Å²) in [4.78, 5) is 50.8. The quantitative estimate of drug-likeness (QED) is 0.113. The summed E-state index contributed by atoms with van der Waals surface area (Å²) in [6, 6.07) is 55.9. The van der Waals surface area contributed by atoms with Gasteiger partial charge in [-0.05, 0) is 245 Å². The van der Waals surface area contributed by atoms with Crippen LogP contribution in [0.5, 0.6) is 0 Å². The average Bonchev–Trinajstić information content (AvgIpc) is 1.58. The van der Waals surface area contributed by atoms with Crippen LogP contribution in [0.15, 0.2) is 170 Å². The van der Waals surface area contributed by atoms with Crippen molar-refractivity contribution in [3.8, 4) is 78.1 Å². The predicted molar refractivity (Wildman–Crippen MR) is 537 cm³/mol. The maximum atomic E-state index is 6.21. The highest BCUT2D eigenvalue weighted by Crippen LogP contribution is 2.49. The van der Waals surface area contributed by atoms with Gasteiger partial charge in [-0.15, -0.1) is 0 Å². The first-order valence-corrected chi connectivity index (χ1v) is 45.2. The summed E-state index contributed by atoms with van der Waals surface area (Å²) in [6.07, 6.45) is 25.7. The van der Waals surface area contributed by atoms with Crippen molar-refractivity contribution in [3.05, 3.63) is 260 Å². The lowest BCUT2D eigenvalue weighted by Crippen LogP contribution is -2.16. The van der Waals surface area contributed by atoms with E-state index in [1.807, 2.05) is 24.8 Å². The Hall–Kier alpha value is -12.5. The van der Waals surface area contributed by atoms with Gasteiger partial charge in [-0.2, -0.15) is 0 Å². The van der Waals surface area contributed by atoms with Gasteiger partial charge in [0.15, 0.2) is 0 Å². The topological polar surface area (TPSA) is 150 Å². The molecule has 0 fully saturated rings. The lowest BCUT2D eigenvalue weighted by molar-refractivity contribution is 0.568. The second-order valence-electron chi connectivity index (χ2n) is 43.6. The first-order valence-electron chi connectivity index (χ1n) is 45.2. The van der Waals surface area contributed by atoms with Gasteiger partial charge >= 0.3 is 0 Å². The lowest BCUT2D eigenvalue weighted by atomic mass is 9.78. The summed E-state index contributed by atoms with van der Waals surface area (Å²) in [5.74, 6) is 0. The third kappa shape index (κ3) is 15.4. The van der Waals surface area contributed by atoms with Gasteiger partial charge in [-0.1, -0.05) is 239 Å². The monoisotopic (exact) mass is 1660 g/mol. The van der Waals surface area contributed by atoms with E-state index in [1.165, 1.54) is 44.5 Å². The highest BCUT2D eigenvalue weighted by molar-refractivity contribution is 6.07. The van der Waals surface area contributed by atoms with Gasteiger partial charge in [0.25, 0.3) is 0 Å². The number of pyridine rings is 2. The number of aromatic nitrogens is 12. The molecule has 12 nitrogen and oxygen atoms in total. The molecule has 10 aromatic heterocycles. The normalized spacial score (nSPS) is 13.6. The number of hydrogen-bond acceptors (Lipinski definition) is 6. The van der Waals surface area contributed by atoms with E-state index in [9.17, 15) is 0 Å². The summed E-state index contributed by atoms with van der Waals surface area (Å²) in [5, 5.41) is 2.08. The van der Waals surface area contributed by atoms with Crippen molar-refractivity contribution >= 4 is 115 Å². The molecule has 0 saturated carbocycles. The van der Waals surface area contributed by atoms with Crippen molar-refractivity contribution in [2.75, 3.05) is 0 Å². The van der Waals surface area contributed by atoms with Crippen molar-refractivity contribution in [3.63, 3.8) is 0 Å². The Kier molecular flexibility index (Phi) is 20.1. The molecule has 14 aromatic rings. The van der Waals surface area contributed by atoms with Gasteiger partial charge in [0.1, 0.15) is 0 Å². The SMILES string of the molecule is CCn1c(-c2c3nc(c(-c4c5nc(c(-c6cc(C(C)(C)C)cc(C(C)(C)C)c6)c6ccc([nH]6)c(-c6cc(C(C)(C)C)cc(C(C)(C)C)c6)c6nc(c(-c7cc8cnccc8n7CC)c7ccc4[nH]7)C=C6)C=C5)c4ccc([nH]4)c(-c4cc(C(C)(C)C)cc(C(C)(C)C)c4)c4nc(c(-c5cc(C(C)(C)C)cc(C(C)(C)C)c5)c5ccc2[nH]5)C=C4)C=C3)cc2cnccc21. The smallest absolute Gasteiger partial charge is 0.0752 e. The zero-order valence-electron chi connectivity index (χ0n) is 78.8. The molecule has 18 rings (SSSR count). The molecule has 638 valence electrons. The average molecular weight is 1660 g/mol. The van der Waals surface area contributed by atoms with Crippen LogP contribution in [-0.2, 0) is 56.4 Å². The van der Waals surface area contributed by atoms with Crippen molar-refractivity contribution in [1.82, 2.24) is 59.0 Å². The minimum atomic E-state index is -0.207. The van der Waals surface area contributed by atoms with Crippen LogP contribution in [0.2, 0.25) is 0 Å². The fourth-order valence-corrected chi connectivity index (χ4v) is 18.6. The highest BCUT2D eigenvalue weighted by Gasteiger charge is 2.33. The Bertz CT molecular complexity index is 7000. The van der Waals surface area contributed by atoms with Crippen molar-refractivity contribution < 1.29 is 0 Å². The largest absolute Gasteiger partial charge is 0.354 e. The van der Waals surface area contributed by atoms with Gasteiger partial charge in [-0.3, -0.25) is 9.97 Å². The van der Waals surface area contributed by atoms with E-state index in [0.29, 0.717) is 13.1 Å². The maximum Gasteiger partial charge on any atom is 0.0752 e. The number of aromatic amines is 4. The van der Waals surface area contributed by atoms with Crippen LogP contribution < -0.4 is 0 Å². The first kappa shape index (κ1) is 84.3. The number of H-pyrrole nitrogens is 4. The van der Waals surface area contributed by atoms with E-state index in [4.69, 9.17) is 29.9 Å². The van der Waals surface area contributed by atoms with Crippen LogP contribution in [0.25, 0.3) is 193 Å². The minimum Gasteiger partial charge on any atom is -0.354 e. The second kappa shape index (κ2) is 30.1. The van der Waals surface area contributed by atoms with Gasteiger partial charge in [0, 0.05) is 126 Å². The molecule has 0 saturated heterocycles. The Morgan fingerprint density at radius 2 is 0.421 bits per heavy atom. The number of hydrogen-bond donors (Lipinski definition) is 4. The molecule has 16 bridgehead atoms. The molecule has 126 heavy (non-hydrogen) atoms. The number of fused-ring (bicyclic) bond motifs is 18. The van der Waals surface area contributed by atoms with E-state index in [2.05, 4.69) is 403 Å². The summed E-state index contributed by atoms with van der Waals surface area (Å²) >= 11 is 0. The molecule has 12 heteroatoms. The molecule has 0 radical (unpaired) electrons. The van der Waals surface area contributed by atoms with Crippen LogP contribution in [0.1, 0.15) is 270 Å². The van der Waals surface area contributed by atoms with E-state index >= 15 is 0 Å². The Balaban J connectivity index is 1.06. The molecule has 4 N–H and O–H groups in total. The van der Waals surface area contributed by atoms with E-state index in [0.717, 1.165) is 190 Å². The zero-order chi connectivity index (χ0) is 89.3. The number of benzene rings is 4. The molecule has 0 unspecified atom stereocenters. The van der Waals surface area contributed by atoms with Crippen LogP contribution in [0, 0.1) is 0 Å². The van der Waals surface area contributed by atoms with E-state index < -0.39 is 0 Å². The summed E-state index contributed by atoms with van der Waals surface area (Å²) in [6.45, 7) is 61.6. The molecule has 4 aliphatic heterocycles. The molecule has 0 spiro atoms. The number of rotatable bonds is 9. The second-order valence-corrected chi connectivity index (χ2v) is 43.6. The first-order chi connectivity index (χ1) is 59.3. The molecular formula is C114H122N12. The van der Waals surface area contributed by atoms with Crippen molar-refractivity contribution in [2.24, 2.45) is 0 Å². The lowest BCUT2D eigenvalue weighted by Gasteiger charge is -2.26. The molecule has 14 heterocycles. The Morgan fingerprint density at radius 3 is 0.627 bits per heavy atom. The standard InChI is InChI=1S/C114H122N12/c1-27-125-95-45-47-115-63-69(95)57-97(125)103-87-37-33-83(119-87)99(65-49-71(107(3,4)5)59-72(50-65)108(6,7)8)79-29-31-81(117-79)101(67-53-75(111(15,16)17)61-76(54-67)112(18,19)20)85-35-41-91(121-85)105(93-43-39-89(103)123-93)106-92-42-36-86(122-92)102(68-55-77(113(21,22)23)62-78(56-68)114(24,25)26)82-32-30-80(118-82)100(66-51-73(109(9,10)11)60-74(52-66)110(12,13)14)84-34-38-88(120-84)104(90-40-44-94(106)124-90)98-58-70-64-116-48-46-96(70)126(98)28-2/h29-64,117,120,122-123H,27-28H2,1-26H3. The third-order valence-electron chi connectivity index (χ3n) is 26.1. The van der Waals surface area contributed by atoms with Crippen LogP contribution in [0.3, 0.4) is 0 Å². The third-order valence-corrected chi connectivity index (χ3v) is 26.1. The number of nitrogens with zero attached hydrogens (tertiary/aromatic N) is 8. The van der Waals surface area contributed by atoms with E-state index in [-0.39, 0.29) is 43.3 Å². The van der Waals surface area contributed by atoms with E-state index in [1.54, 1.807) is 0 Å². The Morgan fingerprint density at radius 1 is 0.230 bits per heavy atom. The molecule has 0 aliphatic carbocycles. The Labute approximate surface area is 743 Å². The van der Waals surface area contributed by atoms with Gasteiger partial charge in [0.2, 0.25) is 0 Å². The number of aryl methyl sites for hydroxylation is 2. The van der Waals surface area contributed by atoms with Crippen LogP contribution in [0.4, 0.5) is 0 Å². The van der Waals surface area contributed by atoms with Crippen LogP contribution >= 0.6 is 0 Å². The van der Waals surface area contributed by atoms with Crippen molar-refractivity contribution in [2.45, 2.75) is 236 Å². The fraction of sp³-hybridized carbons (Fsp3) is 0.316. The molecule has 0 atom stereocenters. The van der Waals surface area contributed by atoms with Crippen molar-refractivity contribution in [1.29, 1.82) is 0 Å². The van der Waals surface area contributed by atoms with Gasteiger partial charge in [-0.25, -0.2) is 19.9 Å². The highest BCUT2D eigenvalue weighted by atomic mass is 15.0. The summed E-state index contributed by atoms with van der Waals surface area (Å²) < 4.78 is 4.82. The van der Waals surface area contributed by atoms with Gasteiger partial charge in [0.05, 0.1) is 79.0 Å². The van der Waals surface area contributed by atoms with Gasteiger partial charge < -0.3 is 29.1 Å². The molecule has 4 aliphatic rings.